The number of hydrogen-bond donors (Lipinski definition) is 1. The Morgan fingerprint density at radius 2 is 2.19 bits per heavy atom. The van der Waals surface area contributed by atoms with Crippen LogP contribution in [0.4, 0.5) is 10.1 Å². The average molecular weight is 296 g/mol. The predicted molar refractivity (Wildman–Crippen MR) is 82.7 cm³/mol. The van der Waals surface area contributed by atoms with E-state index in [4.69, 9.17) is 9.47 Å². The first kappa shape index (κ1) is 16.0. The van der Waals surface area contributed by atoms with Gasteiger partial charge in [-0.1, -0.05) is 0 Å². The van der Waals surface area contributed by atoms with E-state index in [1.807, 2.05) is 19.1 Å². The Kier molecular flexibility index (Phi) is 6.26. The highest BCUT2D eigenvalue weighted by atomic mass is 19.1. The highest BCUT2D eigenvalue weighted by Crippen LogP contribution is 2.25. The van der Waals surface area contributed by atoms with Crippen molar-refractivity contribution >= 4 is 5.69 Å². The number of ether oxygens (including phenoxy) is 2. The number of benzene rings is 1. The van der Waals surface area contributed by atoms with Crippen molar-refractivity contribution in [2.45, 2.75) is 25.9 Å². The molecule has 1 unspecified atom stereocenters. The van der Waals surface area contributed by atoms with Crippen molar-refractivity contribution in [2.75, 3.05) is 44.8 Å². The summed E-state index contributed by atoms with van der Waals surface area (Å²) >= 11 is 0. The molecular formula is C16H25FN2O2. The zero-order valence-electron chi connectivity index (χ0n) is 12.9. The fraction of sp³-hybridized carbons (Fsp3) is 0.625. The van der Waals surface area contributed by atoms with Gasteiger partial charge in [-0.2, -0.15) is 0 Å². The molecule has 118 valence electrons. The molecule has 5 heteroatoms. The Hall–Kier alpha value is -1.33. The van der Waals surface area contributed by atoms with Gasteiger partial charge < -0.3 is 19.7 Å². The van der Waals surface area contributed by atoms with Gasteiger partial charge in [-0.15, -0.1) is 0 Å². The van der Waals surface area contributed by atoms with Crippen molar-refractivity contribution in [1.29, 1.82) is 0 Å². The van der Waals surface area contributed by atoms with E-state index >= 15 is 0 Å². The Balaban J connectivity index is 1.99. The van der Waals surface area contributed by atoms with Gasteiger partial charge in [0.2, 0.25) is 0 Å². The molecule has 0 radical (unpaired) electrons. The molecule has 2 rings (SSSR count). The van der Waals surface area contributed by atoms with Crippen LogP contribution in [0.3, 0.4) is 0 Å². The van der Waals surface area contributed by atoms with Gasteiger partial charge in [-0.3, -0.25) is 0 Å². The summed E-state index contributed by atoms with van der Waals surface area (Å²) < 4.78 is 25.0. The predicted octanol–water partition coefficient (Wildman–Crippen LogP) is 2.43. The van der Waals surface area contributed by atoms with Crippen LogP contribution in [-0.4, -0.2) is 46.0 Å². The van der Waals surface area contributed by atoms with E-state index in [0.717, 1.165) is 39.0 Å². The normalized spacial score (nSPS) is 17.4. The number of nitrogens with zero attached hydrogens (tertiary/aromatic N) is 1. The van der Waals surface area contributed by atoms with E-state index in [0.29, 0.717) is 18.0 Å². The van der Waals surface area contributed by atoms with Crippen molar-refractivity contribution in [1.82, 2.24) is 5.32 Å². The Morgan fingerprint density at radius 1 is 1.33 bits per heavy atom. The summed E-state index contributed by atoms with van der Waals surface area (Å²) in [6, 6.07) is 5.15. The van der Waals surface area contributed by atoms with Crippen LogP contribution in [-0.2, 0) is 4.74 Å². The van der Waals surface area contributed by atoms with Crippen LogP contribution < -0.4 is 15.0 Å². The molecular weight excluding hydrogens is 271 g/mol. The average Bonchev–Trinajstić information content (AvgIpc) is 2.74. The lowest BCUT2D eigenvalue weighted by atomic mass is 10.2. The highest BCUT2D eigenvalue weighted by molar-refractivity contribution is 5.50. The number of rotatable bonds is 6. The minimum atomic E-state index is -0.214. The summed E-state index contributed by atoms with van der Waals surface area (Å²) in [4.78, 5) is 2.09. The highest BCUT2D eigenvalue weighted by Gasteiger charge is 2.15. The summed E-state index contributed by atoms with van der Waals surface area (Å²) in [6.45, 7) is 6.21. The molecule has 0 saturated carbocycles. The summed E-state index contributed by atoms with van der Waals surface area (Å²) in [5.74, 6) is 0.362. The zero-order chi connectivity index (χ0) is 15.1. The van der Waals surface area contributed by atoms with Crippen LogP contribution in [0.2, 0.25) is 0 Å². The molecule has 0 amide bonds. The van der Waals surface area contributed by atoms with E-state index < -0.39 is 0 Å². The first-order valence-corrected chi connectivity index (χ1v) is 7.61. The lowest BCUT2D eigenvalue weighted by molar-refractivity contribution is 0.135. The molecule has 0 aromatic heterocycles. The molecule has 1 atom stereocenters. The quantitative estimate of drug-likeness (QED) is 0.874. The minimum absolute atomic E-state index is 0.0117. The van der Waals surface area contributed by atoms with Crippen LogP contribution >= 0.6 is 0 Å². The SMILES string of the molecule is COCCC(C)Oc1ccc(N2CCCNCC2)c(F)c1. The maximum Gasteiger partial charge on any atom is 0.150 e. The number of methoxy groups -OCH3 is 1. The summed E-state index contributed by atoms with van der Waals surface area (Å²) in [5.41, 5.74) is 0.663. The van der Waals surface area contributed by atoms with E-state index in [1.165, 1.54) is 6.07 Å². The van der Waals surface area contributed by atoms with Gasteiger partial charge in [0.05, 0.1) is 11.8 Å². The fourth-order valence-electron chi connectivity index (χ4n) is 2.48. The van der Waals surface area contributed by atoms with Gasteiger partial charge in [-0.05, 0) is 32.0 Å². The number of hydrogen-bond acceptors (Lipinski definition) is 4. The molecule has 1 aromatic carbocycles. The molecule has 1 fully saturated rings. The molecule has 1 aromatic rings. The lowest BCUT2D eigenvalue weighted by Crippen LogP contribution is -2.28. The second kappa shape index (κ2) is 8.20. The molecule has 21 heavy (non-hydrogen) atoms. The van der Waals surface area contributed by atoms with Crippen LogP contribution in [0.15, 0.2) is 18.2 Å². The van der Waals surface area contributed by atoms with Gasteiger partial charge in [0.25, 0.3) is 0 Å². The van der Waals surface area contributed by atoms with Gasteiger partial charge in [0, 0.05) is 45.8 Å². The monoisotopic (exact) mass is 296 g/mol. The second-order valence-electron chi connectivity index (χ2n) is 5.41. The standard InChI is InChI=1S/C16H25FN2O2/c1-13(6-11-20-2)21-14-4-5-16(15(17)12-14)19-9-3-7-18-8-10-19/h4-5,12-13,18H,3,6-11H2,1-2H3. The van der Waals surface area contributed by atoms with Crippen molar-refractivity contribution in [3.05, 3.63) is 24.0 Å². The number of nitrogens with one attached hydrogen (secondary N) is 1. The molecule has 1 saturated heterocycles. The van der Waals surface area contributed by atoms with Crippen molar-refractivity contribution < 1.29 is 13.9 Å². The molecule has 0 spiro atoms. The third-order valence-corrected chi connectivity index (χ3v) is 3.67. The van der Waals surface area contributed by atoms with Crippen LogP contribution in [0.25, 0.3) is 0 Å². The minimum Gasteiger partial charge on any atom is -0.491 e. The van der Waals surface area contributed by atoms with Gasteiger partial charge in [0.1, 0.15) is 11.6 Å². The summed E-state index contributed by atoms with van der Waals surface area (Å²) in [6.07, 6.45) is 1.83. The van der Waals surface area contributed by atoms with Crippen molar-refractivity contribution in [2.24, 2.45) is 0 Å². The van der Waals surface area contributed by atoms with E-state index in [2.05, 4.69) is 10.2 Å². The van der Waals surface area contributed by atoms with E-state index in [1.54, 1.807) is 7.11 Å². The smallest absolute Gasteiger partial charge is 0.150 e. The molecule has 0 aliphatic carbocycles. The molecule has 0 bridgehead atoms. The summed E-state index contributed by atoms with van der Waals surface area (Å²) in [7, 11) is 1.66. The Labute approximate surface area is 126 Å². The third kappa shape index (κ3) is 4.86. The van der Waals surface area contributed by atoms with Gasteiger partial charge in [0.15, 0.2) is 0 Å². The van der Waals surface area contributed by atoms with E-state index in [-0.39, 0.29) is 11.9 Å². The maximum atomic E-state index is 14.3. The molecule has 1 heterocycles. The zero-order valence-corrected chi connectivity index (χ0v) is 12.9. The molecule has 1 N–H and O–H groups in total. The first-order valence-electron chi connectivity index (χ1n) is 7.61. The van der Waals surface area contributed by atoms with E-state index in [9.17, 15) is 4.39 Å². The topological polar surface area (TPSA) is 33.7 Å². The third-order valence-electron chi connectivity index (χ3n) is 3.67. The second-order valence-corrected chi connectivity index (χ2v) is 5.41. The lowest BCUT2D eigenvalue weighted by Gasteiger charge is -2.23. The van der Waals surface area contributed by atoms with Crippen LogP contribution in [0.5, 0.6) is 5.75 Å². The maximum absolute atomic E-state index is 14.3. The number of anilines is 1. The summed E-state index contributed by atoms with van der Waals surface area (Å²) in [5, 5.41) is 3.32. The van der Waals surface area contributed by atoms with Crippen molar-refractivity contribution in [3.63, 3.8) is 0 Å². The van der Waals surface area contributed by atoms with Crippen LogP contribution in [0, 0.1) is 5.82 Å². The molecule has 4 nitrogen and oxygen atoms in total. The Morgan fingerprint density at radius 3 is 2.95 bits per heavy atom. The van der Waals surface area contributed by atoms with Gasteiger partial charge >= 0.3 is 0 Å². The Bertz CT molecular complexity index is 434. The van der Waals surface area contributed by atoms with Gasteiger partial charge in [-0.25, -0.2) is 4.39 Å². The largest absolute Gasteiger partial charge is 0.491 e. The van der Waals surface area contributed by atoms with Crippen molar-refractivity contribution in [3.8, 4) is 5.75 Å². The fourth-order valence-corrected chi connectivity index (χ4v) is 2.48. The molecule has 1 aliphatic heterocycles. The number of halogens is 1. The van der Waals surface area contributed by atoms with Crippen LogP contribution in [0.1, 0.15) is 19.8 Å². The molecule has 1 aliphatic rings. The first-order chi connectivity index (χ1) is 10.2.